The number of rotatable bonds is 10. The lowest BCUT2D eigenvalue weighted by atomic mass is 9.92. The van der Waals surface area contributed by atoms with Crippen molar-refractivity contribution in [1.82, 2.24) is 19.3 Å². The molecule has 1 atom stereocenters. The lowest BCUT2D eigenvalue weighted by molar-refractivity contribution is -0.142. The van der Waals surface area contributed by atoms with E-state index in [1.807, 2.05) is 25.1 Å². The molecule has 2 aliphatic rings. The fourth-order valence-corrected chi connectivity index (χ4v) is 9.24. The predicted molar refractivity (Wildman–Crippen MR) is 189 cm³/mol. The Balaban J connectivity index is 1.22. The number of carboxylic acids is 1. The molecular weight excluding hydrogens is 627 g/mol. The lowest BCUT2D eigenvalue weighted by Gasteiger charge is -2.39. The first-order valence-corrected chi connectivity index (χ1v) is 18.2. The van der Waals surface area contributed by atoms with Crippen LogP contribution in [0.15, 0.2) is 65.8 Å². The van der Waals surface area contributed by atoms with E-state index in [0.29, 0.717) is 23.5 Å². The van der Waals surface area contributed by atoms with Crippen LogP contribution in [0.25, 0.3) is 10.8 Å². The van der Waals surface area contributed by atoms with Crippen molar-refractivity contribution in [3.05, 3.63) is 77.7 Å². The van der Waals surface area contributed by atoms with Crippen molar-refractivity contribution in [2.45, 2.75) is 82.2 Å². The van der Waals surface area contributed by atoms with E-state index < -0.39 is 27.6 Å². The highest BCUT2D eigenvalue weighted by Crippen LogP contribution is 2.35. The number of carboxylic acid groups (broad SMARTS) is 1. The SMILES string of the molecule is CCc1c(NCC(C(=O)O)N(C(C)(C)C)S(=O)(=O)c2cccc3ccccc23)ncnc1N1CCC(c2ccc3c(n2)NCCC3)CC1. The molecule has 48 heavy (non-hydrogen) atoms. The van der Waals surface area contributed by atoms with Gasteiger partial charge in [-0.1, -0.05) is 49.4 Å². The summed E-state index contributed by atoms with van der Waals surface area (Å²) in [5.41, 5.74) is 2.25. The van der Waals surface area contributed by atoms with Gasteiger partial charge in [0, 0.05) is 54.3 Å². The molecule has 1 saturated heterocycles. The number of aryl methyl sites for hydroxylation is 1. The van der Waals surface area contributed by atoms with E-state index in [2.05, 4.69) is 37.6 Å². The summed E-state index contributed by atoms with van der Waals surface area (Å²) in [6.45, 7) is 9.56. The number of fused-ring (bicyclic) bond motifs is 2. The first-order valence-electron chi connectivity index (χ1n) is 16.8. The van der Waals surface area contributed by atoms with Gasteiger partial charge in [-0.25, -0.2) is 23.4 Å². The molecule has 12 heteroatoms. The highest BCUT2D eigenvalue weighted by molar-refractivity contribution is 7.89. The Morgan fingerprint density at radius 3 is 2.56 bits per heavy atom. The highest BCUT2D eigenvalue weighted by atomic mass is 32.2. The summed E-state index contributed by atoms with van der Waals surface area (Å²) < 4.78 is 29.8. The van der Waals surface area contributed by atoms with Gasteiger partial charge in [0.15, 0.2) is 0 Å². The van der Waals surface area contributed by atoms with Gasteiger partial charge in [-0.05, 0) is 76.0 Å². The van der Waals surface area contributed by atoms with Crippen LogP contribution < -0.4 is 15.5 Å². The number of sulfonamides is 1. The number of piperidine rings is 1. The number of hydrogen-bond acceptors (Lipinski definition) is 9. The van der Waals surface area contributed by atoms with Gasteiger partial charge in [-0.15, -0.1) is 0 Å². The van der Waals surface area contributed by atoms with Crippen molar-refractivity contribution in [1.29, 1.82) is 0 Å². The minimum atomic E-state index is -4.25. The smallest absolute Gasteiger partial charge is 0.323 e. The van der Waals surface area contributed by atoms with E-state index in [4.69, 9.17) is 4.98 Å². The molecule has 2 aliphatic heterocycles. The summed E-state index contributed by atoms with van der Waals surface area (Å²) in [4.78, 5) is 29.3. The molecule has 1 unspecified atom stereocenters. The molecule has 6 rings (SSSR count). The van der Waals surface area contributed by atoms with Crippen LogP contribution in [0.1, 0.15) is 69.7 Å². The Bertz CT molecular complexity index is 1900. The molecule has 0 amide bonds. The fourth-order valence-electron chi connectivity index (χ4n) is 7.10. The second-order valence-corrected chi connectivity index (χ2v) is 15.4. The minimum absolute atomic E-state index is 0.0746. The maximum absolute atomic E-state index is 14.3. The largest absolute Gasteiger partial charge is 0.480 e. The molecule has 11 nitrogen and oxygen atoms in total. The number of anilines is 3. The standard InChI is InChI=1S/C36H45N7O4S/c1-5-27-33(39-23-40-34(27)42-20-17-25(18-21-42)29-16-15-26-12-9-19-37-32(26)41-29)38-22-30(35(44)45)43(36(2,3)4)48(46,47)31-14-8-11-24-10-6-7-13-28(24)31/h6-8,10-11,13-16,23,25,30H,5,9,12,17-22H2,1-4H3,(H,37,41)(H,44,45)(H,38,39,40). The van der Waals surface area contributed by atoms with Crippen LogP contribution in [0.3, 0.4) is 0 Å². The van der Waals surface area contributed by atoms with Crippen LogP contribution in [-0.4, -0.2) is 76.5 Å². The Labute approximate surface area is 282 Å². The van der Waals surface area contributed by atoms with Crippen LogP contribution >= 0.6 is 0 Å². The van der Waals surface area contributed by atoms with E-state index in [1.165, 1.54) is 18.0 Å². The molecule has 0 radical (unpaired) electrons. The van der Waals surface area contributed by atoms with E-state index in [-0.39, 0.29) is 11.4 Å². The number of carbonyl (C=O) groups is 1. The Kier molecular flexibility index (Phi) is 9.57. The average Bonchev–Trinajstić information content (AvgIpc) is 3.08. The van der Waals surface area contributed by atoms with Gasteiger partial charge in [0.05, 0.1) is 4.90 Å². The zero-order valence-corrected chi connectivity index (χ0v) is 28.9. The molecule has 254 valence electrons. The zero-order chi connectivity index (χ0) is 34.1. The van der Waals surface area contributed by atoms with Gasteiger partial charge in [-0.3, -0.25) is 4.79 Å². The average molecular weight is 672 g/mol. The number of nitrogens with zero attached hydrogens (tertiary/aromatic N) is 5. The molecular formula is C36H45N7O4S. The van der Waals surface area contributed by atoms with Gasteiger partial charge in [0.2, 0.25) is 10.0 Å². The van der Waals surface area contributed by atoms with Crippen LogP contribution in [0.5, 0.6) is 0 Å². The third-order valence-electron chi connectivity index (χ3n) is 9.38. The first kappa shape index (κ1) is 33.6. The minimum Gasteiger partial charge on any atom is -0.480 e. The zero-order valence-electron chi connectivity index (χ0n) is 28.1. The van der Waals surface area contributed by atoms with E-state index in [0.717, 1.165) is 77.9 Å². The van der Waals surface area contributed by atoms with Crippen molar-refractivity contribution in [3.63, 3.8) is 0 Å². The van der Waals surface area contributed by atoms with Gasteiger partial charge in [-0.2, -0.15) is 4.31 Å². The monoisotopic (exact) mass is 671 g/mol. The Hall–Kier alpha value is -4.29. The summed E-state index contributed by atoms with van der Waals surface area (Å²) in [5, 5.41) is 18.5. The molecule has 0 aliphatic carbocycles. The number of aromatic nitrogens is 3. The third-order valence-corrected chi connectivity index (χ3v) is 11.6. The Morgan fingerprint density at radius 2 is 1.83 bits per heavy atom. The summed E-state index contributed by atoms with van der Waals surface area (Å²) in [6.07, 6.45) is 6.19. The van der Waals surface area contributed by atoms with Crippen molar-refractivity contribution in [2.75, 3.05) is 41.7 Å². The quantitative estimate of drug-likeness (QED) is 0.193. The molecule has 0 spiro atoms. The van der Waals surface area contributed by atoms with Crippen molar-refractivity contribution in [2.24, 2.45) is 0 Å². The lowest BCUT2D eigenvalue weighted by Crippen LogP contribution is -2.57. The molecule has 4 heterocycles. The van der Waals surface area contributed by atoms with Gasteiger partial charge in [0.1, 0.15) is 29.8 Å². The van der Waals surface area contributed by atoms with Crippen LogP contribution in [-0.2, 0) is 27.7 Å². The second kappa shape index (κ2) is 13.7. The maximum atomic E-state index is 14.3. The Morgan fingerprint density at radius 1 is 1.08 bits per heavy atom. The summed E-state index contributed by atoms with van der Waals surface area (Å²) in [7, 11) is -4.25. The number of hydrogen-bond donors (Lipinski definition) is 3. The summed E-state index contributed by atoms with van der Waals surface area (Å²) in [6, 6.07) is 15.3. The van der Waals surface area contributed by atoms with Crippen LogP contribution in [0.2, 0.25) is 0 Å². The number of nitrogens with one attached hydrogen (secondary N) is 2. The van der Waals surface area contributed by atoms with E-state index in [1.54, 1.807) is 39.0 Å². The normalized spacial score (nSPS) is 16.4. The van der Waals surface area contributed by atoms with Crippen molar-refractivity contribution < 1.29 is 18.3 Å². The molecule has 0 bridgehead atoms. The predicted octanol–water partition coefficient (Wildman–Crippen LogP) is 5.68. The van der Waals surface area contributed by atoms with Crippen molar-refractivity contribution in [3.8, 4) is 0 Å². The molecule has 1 fully saturated rings. The first-order chi connectivity index (χ1) is 23.0. The number of aliphatic carboxylic acids is 1. The van der Waals surface area contributed by atoms with E-state index >= 15 is 0 Å². The summed E-state index contributed by atoms with van der Waals surface area (Å²) in [5.74, 6) is 1.46. The van der Waals surface area contributed by atoms with Crippen molar-refractivity contribution >= 4 is 44.2 Å². The molecule has 2 aromatic heterocycles. The third kappa shape index (κ3) is 6.68. The van der Waals surface area contributed by atoms with Gasteiger partial charge < -0.3 is 20.6 Å². The number of pyridine rings is 1. The molecule has 2 aromatic carbocycles. The molecule has 0 saturated carbocycles. The number of benzene rings is 2. The van der Waals surface area contributed by atoms with Crippen LogP contribution in [0.4, 0.5) is 17.5 Å². The van der Waals surface area contributed by atoms with Crippen LogP contribution in [0, 0.1) is 0 Å². The maximum Gasteiger partial charge on any atom is 0.323 e. The summed E-state index contributed by atoms with van der Waals surface area (Å²) >= 11 is 0. The second-order valence-electron chi connectivity index (χ2n) is 13.6. The van der Waals surface area contributed by atoms with E-state index in [9.17, 15) is 18.3 Å². The van der Waals surface area contributed by atoms with Gasteiger partial charge >= 0.3 is 5.97 Å². The van der Waals surface area contributed by atoms with Gasteiger partial charge in [0.25, 0.3) is 0 Å². The topological polar surface area (TPSA) is 141 Å². The highest BCUT2D eigenvalue weighted by Gasteiger charge is 2.43. The molecule has 4 aromatic rings. The fraction of sp³-hybridized carbons (Fsp3) is 0.444. The molecule has 3 N–H and O–H groups in total.